The number of hydrogen-bond acceptors (Lipinski definition) is 8. The number of anilines is 1. The van der Waals surface area contributed by atoms with Crippen LogP contribution < -0.4 is 20.5 Å². The molecule has 2 aromatic rings. The third-order valence-corrected chi connectivity index (χ3v) is 8.00. The van der Waals surface area contributed by atoms with Crippen LogP contribution in [0.2, 0.25) is 0 Å². The minimum absolute atomic E-state index is 0.0108. The van der Waals surface area contributed by atoms with Crippen molar-refractivity contribution in [2.75, 3.05) is 44.2 Å². The van der Waals surface area contributed by atoms with E-state index >= 15 is 0 Å². The van der Waals surface area contributed by atoms with Crippen molar-refractivity contribution in [3.05, 3.63) is 53.7 Å². The van der Waals surface area contributed by atoms with Crippen molar-refractivity contribution in [2.24, 2.45) is 5.92 Å². The molecule has 0 spiro atoms. The third-order valence-electron chi connectivity index (χ3n) is 8.00. The van der Waals surface area contributed by atoms with Crippen molar-refractivity contribution in [3.8, 4) is 11.8 Å². The lowest BCUT2D eigenvalue weighted by atomic mass is 9.94. The molecule has 4 atom stereocenters. The number of likely N-dealkylation sites (tertiary alicyclic amines) is 1. The molecule has 3 fully saturated rings. The Labute approximate surface area is 236 Å². The van der Waals surface area contributed by atoms with E-state index in [1.165, 1.54) is 6.20 Å². The number of nitriles is 1. The van der Waals surface area contributed by atoms with E-state index in [1.807, 2.05) is 6.92 Å². The molecule has 2 amide bonds. The highest BCUT2D eigenvalue weighted by atomic mass is 19.4. The van der Waals surface area contributed by atoms with Crippen LogP contribution in [0.15, 0.2) is 42.6 Å². The molecule has 3 saturated heterocycles. The normalized spacial score (nSPS) is 25.5. The van der Waals surface area contributed by atoms with Gasteiger partial charge in [-0.1, -0.05) is 6.07 Å². The fourth-order valence-electron chi connectivity index (χ4n) is 5.95. The number of pyridine rings is 1. The van der Waals surface area contributed by atoms with Gasteiger partial charge in [0.15, 0.2) is 5.92 Å². The van der Waals surface area contributed by atoms with Gasteiger partial charge in [0.1, 0.15) is 24.2 Å². The molecule has 1 aromatic heterocycles. The summed E-state index contributed by atoms with van der Waals surface area (Å²) >= 11 is 0. The second kappa shape index (κ2) is 11.9. The maximum atomic E-state index is 13.7. The average molecular weight is 572 g/mol. The summed E-state index contributed by atoms with van der Waals surface area (Å²) in [6.45, 7) is 4.22. The predicted octanol–water partition coefficient (Wildman–Crippen LogP) is 2.33. The lowest BCUT2D eigenvalue weighted by Crippen LogP contribution is -2.65. The van der Waals surface area contributed by atoms with E-state index in [9.17, 15) is 22.8 Å². The highest BCUT2D eigenvalue weighted by Crippen LogP contribution is 2.35. The standard InChI is InChI=1S/C28H32F3N7O3/c1-18-16-36(24-8-7-19(13-32)14-33-24)10-11-37(18)27(40)20-4-2-6-22(12-20)41-17-21-5-3-9-38(21)23-15-34-35-26(39)25(23)28(29,30)31/h2,4,6-8,12,14,18,21,23,25,34H,3,5,9-11,15-17H2,1H3,(H,35,39)/t18?,21-,23?,25?/m0/s1. The second-order valence-electron chi connectivity index (χ2n) is 10.6. The van der Waals surface area contributed by atoms with Crippen LogP contribution in [-0.2, 0) is 4.79 Å². The van der Waals surface area contributed by atoms with Gasteiger partial charge in [-0.25, -0.2) is 10.4 Å². The molecule has 5 rings (SSSR count). The van der Waals surface area contributed by atoms with Crippen LogP contribution in [0, 0.1) is 17.2 Å². The van der Waals surface area contributed by atoms with E-state index in [4.69, 9.17) is 10.00 Å². The highest BCUT2D eigenvalue weighted by Gasteiger charge is 2.54. The van der Waals surface area contributed by atoms with Gasteiger partial charge in [0.05, 0.1) is 5.56 Å². The number of hydrogen-bond donors (Lipinski definition) is 2. The quantitative estimate of drug-likeness (QED) is 0.544. The maximum absolute atomic E-state index is 13.7. The Kier molecular flexibility index (Phi) is 8.32. The zero-order valence-corrected chi connectivity index (χ0v) is 22.6. The summed E-state index contributed by atoms with van der Waals surface area (Å²) in [6, 6.07) is 11.0. The molecule has 4 heterocycles. The Bertz CT molecular complexity index is 1300. The van der Waals surface area contributed by atoms with Gasteiger partial charge >= 0.3 is 6.18 Å². The largest absolute Gasteiger partial charge is 0.492 e. The first-order valence-corrected chi connectivity index (χ1v) is 13.7. The van der Waals surface area contributed by atoms with Gasteiger partial charge < -0.3 is 14.5 Å². The molecule has 2 N–H and O–H groups in total. The summed E-state index contributed by atoms with van der Waals surface area (Å²) in [7, 11) is 0. The van der Waals surface area contributed by atoms with E-state index in [1.54, 1.807) is 46.2 Å². The number of ether oxygens (including phenoxy) is 1. The van der Waals surface area contributed by atoms with Crippen molar-refractivity contribution in [1.29, 1.82) is 5.26 Å². The van der Waals surface area contributed by atoms with E-state index in [0.29, 0.717) is 55.9 Å². The Morgan fingerprint density at radius 2 is 2.05 bits per heavy atom. The molecule has 41 heavy (non-hydrogen) atoms. The number of hydrazine groups is 1. The molecule has 3 unspecified atom stereocenters. The summed E-state index contributed by atoms with van der Waals surface area (Å²) < 4.78 is 47.1. The molecule has 0 aliphatic carbocycles. The number of piperazine rings is 1. The van der Waals surface area contributed by atoms with Crippen molar-refractivity contribution in [1.82, 2.24) is 25.6 Å². The fourth-order valence-corrected chi connectivity index (χ4v) is 5.95. The smallest absolute Gasteiger partial charge is 0.402 e. The zero-order valence-electron chi connectivity index (χ0n) is 22.6. The van der Waals surface area contributed by atoms with E-state index < -0.39 is 24.0 Å². The van der Waals surface area contributed by atoms with Crippen LogP contribution in [0.4, 0.5) is 19.0 Å². The van der Waals surface area contributed by atoms with Crippen LogP contribution >= 0.6 is 0 Å². The molecule has 1 aromatic carbocycles. The first-order valence-electron chi connectivity index (χ1n) is 13.7. The molecule has 3 aliphatic heterocycles. The number of aromatic nitrogens is 1. The fraction of sp³-hybridized carbons (Fsp3) is 0.500. The van der Waals surface area contributed by atoms with Gasteiger partial charge in [-0.2, -0.15) is 18.4 Å². The molecule has 10 nitrogen and oxygen atoms in total. The number of nitrogens with zero attached hydrogens (tertiary/aromatic N) is 5. The first kappa shape index (κ1) is 28.6. The summed E-state index contributed by atoms with van der Waals surface area (Å²) in [5.74, 6) is -2.10. The van der Waals surface area contributed by atoms with Crippen LogP contribution in [0.5, 0.6) is 5.75 Å². The van der Waals surface area contributed by atoms with Gasteiger partial charge in [-0.3, -0.25) is 19.9 Å². The Hall–Kier alpha value is -3.89. The number of benzene rings is 1. The second-order valence-corrected chi connectivity index (χ2v) is 10.6. The van der Waals surface area contributed by atoms with E-state index in [2.05, 4.69) is 26.8 Å². The molecule has 13 heteroatoms. The number of carbonyl (C=O) groups is 2. The molecule has 0 bridgehead atoms. The number of halogens is 3. The van der Waals surface area contributed by atoms with E-state index in [-0.39, 0.29) is 31.1 Å². The molecule has 218 valence electrons. The van der Waals surface area contributed by atoms with Crippen molar-refractivity contribution >= 4 is 17.6 Å². The van der Waals surface area contributed by atoms with Gasteiger partial charge in [0, 0.05) is 56.1 Å². The summed E-state index contributed by atoms with van der Waals surface area (Å²) in [4.78, 5) is 35.4. The monoisotopic (exact) mass is 571 g/mol. The number of alkyl halides is 3. The lowest BCUT2D eigenvalue weighted by Gasteiger charge is -2.41. The Morgan fingerprint density at radius 1 is 1.22 bits per heavy atom. The number of rotatable bonds is 6. The average Bonchev–Trinajstić information content (AvgIpc) is 3.44. The predicted molar refractivity (Wildman–Crippen MR) is 143 cm³/mol. The third kappa shape index (κ3) is 6.23. The zero-order chi connectivity index (χ0) is 29.1. The summed E-state index contributed by atoms with van der Waals surface area (Å²) in [5.41, 5.74) is 5.65. The van der Waals surface area contributed by atoms with Gasteiger partial charge in [0.2, 0.25) is 5.91 Å². The Balaban J connectivity index is 1.20. The van der Waals surface area contributed by atoms with Crippen LogP contribution in [0.25, 0.3) is 0 Å². The van der Waals surface area contributed by atoms with Crippen molar-refractivity contribution in [3.63, 3.8) is 0 Å². The minimum Gasteiger partial charge on any atom is -0.492 e. The van der Waals surface area contributed by atoms with Crippen LogP contribution in [0.1, 0.15) is 35.7 Å². The van der Waals surface area contributed by atoms with E-state index in [0.717, 1.165) is 5.82 Å². The number of amides is 2. The SMILES string of the molecule is CC1CN(c2ccc(C#N)cn2)CCN1C(=O)c1cccc(OC[C@@H]2CCCN2C2CNNC(=O)C2C(F)(F)F)c1. The highest BCUT2D eigenvalue weighted by molar-refractivity contribution is 5.95. The minimum atomic E-state index is -4.65. The van der Waals surface area contributed by atoms with Crippen molar-refractivity contribution in [2.45, 2.75) is 44.1 Å². The van der Waals surface area contributed by atoms with Crippen LogP contribution in [-0.4, -0.2) is 90.2 Å². The summed E-state index contributed by atoms with van der Waals surface area (Å²) in [6.07, 6.45) is -1.76. The van der Waals surface area contributed by atoms with Gasteiger partial charge in [-0.15, -0.1) is 0 Å². The Morgan fingerprint density at radius 3 is 2.76 bits per heavy atom. The topological polar surface area (TPSA) is 114 Å². The summed E-state index contributed by atoms with van der Waals surface area (Å²) in [5, 5.41) is 8.99. The molecular weight excluding hydrogens is 539 g/mol. The number of nitrogens with one attached hydrogen (secondary N) is 2. The molecule has 0 radical (unpaired) electrons. The number of carbonyl (C=O) groups excluding carboxylic acids is 2. The lowest BCUT2D eigenvalue weighted by molar-refractivity contribution is -0.201. The van der Waals surface area contributed by atoms with Crippen LogP contribution in [0.3, 0.4) is 0 Å². The maximum Gasteiger partial charge on any atom is 0.402 e. The van der Waals surface area contributed by atoms with Gasteiger partial charge in [-0.05, 0) is 56.6 Å². The van der Waals surface area contributed by atoms with Gasteiger partial charge in [0.25, 0.3) is 5.91 Å². The first-order chi connectivity index (χ1) is 19.7. The molecule has 0 saturated carbocycles. The molecule has 3 aliphatic rings. The molecular formula is C28H32F3N7O3. The van der Waals surface area contributed by atoms with Crippen molar-refractivity contribution < 1.29 is 27.5 Å².